The first kappa shape index (κ1) is 31.3. The van der Waals surface area contributed by atoms with Crippen molar-refractivity contribution >= 4 is 41.0 Å². The first-order valence-electron chi connectivity index (χ1n) is 12.5. The summed E-state index contributed by atoms with van der Waals surface area (Å²) in [5.41, 5.74) is 3.21. The van der Waals surface area contributed by atoms with Crippen LogP contribution in [-0.2, 0) is 32.0 Å². The van der Waals surface area contributed by atoms with Crippen LogP contribution in [0.1, 0.15) is 49.4 Å². The molecule has 0 saturated heterocycles. The topological polar surface area (TPSA) is 115 Å². The molecule has 0 radical (unpaired) electrons. The molecular formula is C26H37ClN6O5. The maximum atomic E-state index is 10.9. The molecular weight excluding hydrogens is 512 g/mol. The van der Waals surface area contributed by atoms with Crippen LogP contribution in [0.5, 0.6) is 0 Å². The molecule has 0 atom stereocenters. The molecule has 0 saturated carbocycles. The molecule has 4 aromatic rings. The van der Waals surface area contributed by atoms with Crippen molar-refractivity contribution in [2.45, 2.75) is 46.1 Å². The van der Waals surface area contributed by atoms with Crippen molar-refractivity contribution in [2.75, 3.05) is 40.6 Å². The lowest BCUT2D eigenvalue weighted by Crippen LogP contribution is -2.16. The van der Waals surface area contributed by atoms with E-state index in [0.717, 1.165) is 42.5 Å². The van der Waals surface area contributed by atoms with Gasteiger partial charge in [0, 0.05) is 66.1 Å². The van der Waals surface area contributed by atoms with Gasteiger partial charge in [-0.1, -0.05) is 0 Å². The summed E-state index contributed by atoms with van der Waals surface area (Å²) in [4.78, 5) is 28.1. The number of ether oxygens (including phenoxy) is 4. The quantitative estimate of drug-likeness (QED) is 0.129. The summed E-state index contributed by atoms with van der Waals surface area (Å²) in [6, 6.07) is 7.68. The van der Waals surface area contributed by atoms with E-state index >= 15 is 0 Å². The Balaban J connectivity index is 0.000000269. The Bertz CT molecular complexity index is 1240. The van der Waals surface area contributed by atoms with E-state index in [-0.39, 0.29) is 12.4 Å². The van der Waals surface area contributed by atoms with Crippen molar-refractivity contribution < 1.29 is 23.7 Å². The molecule has 11 nitrogen and oxygen atoms in total. The molecule has 0 bridgehead atoms. The molecule has 0 aliphatic carbocycles. The largest absolute Gasteiger partial charge is 0.385 e. The molecule has 4 heterocycles. The number of hydrogen-bond donors (Lipinski definition) is 0. The summed E-state index contributed by atoms with van der Waals surface area (Å²) in [5.74, 6) is 1.19. The molecule has 0 spiro atoms. The van der Waals surface area contributed by atoms with Crippen LogP contribution in [0.4, 0.5) is 0 Å². The predicted molar refractivity (Wildman–Crippen MR) is 147 cm³/mol. The Morgan fingerprint density at radius 3 is 1.89 bits per heavy atom. The van der Waals surface area contributed by atoms with Gasteiger partial charge in [-0.15, -0.1) is 12.4 Å². The van der Waals surface area contributed by atoms with Gasteiger partial charge >= 0.3 is 0 Å². The molecule has 0 N–H and O–H groups in total. The van der Waals surface area contributed by atoms with Gasteiger partial charge in [-0.3, -0.25) is 4.79 Å². The third kappa shape index (κ3) is 8.02. The van der Waals surface area contributed by atoms with Crippen LogP contribution < -0.4 is 0 Å². The fourth-order valence-corrected chi connectivity index (χ4v) is 3.93. The van der Waals surface area contributed by atoms with Crippen LogP contribution in [0.15, 0.2) is 36.7 Å². The summed E-state index contributed by atoms with van der Waals surface area (Å²) in [6.07, 6.45) is 5.45. The number of rotatable bonds is 14. The summed E-state index contributed by atoms with van der Waals surface area (Å²) < 4.78 is 25.5. The van der Waals surface area contributed by atoms with Crippen molar-refractivity contribution in [3.05, 3.63) is 48.3 Å². The van der Waals surface area contributed by atoms with Crippen LogP contribution in [0.2, 0.25) is 0 Å². The highest BCUT2D eigenvalue weighted by Gasteiger charge is 2.21. The summed E-state index contributed by atoms with van der Waals surface area (Å²) in [5, 5.41) is 0. The minimum Gasteiger partial charge on any atom is -0.385 e. The van der Waals surface area contributed by atoms with Gasteiger partial charge < -0.3 is 28.1 Å². The molecule has 0 aliphatic heterocycles. The van der Waals surface area contributed by atoms with Crippen molar-refractivity contribution in [1.29, 1.82) is 0 Å². The van der Waals surface area contributed by atoms with E-state index in [1.807, 2.05) is 42.7 Å². The van der Waals surface area contributed by atoms with Gasteiger partial charge in [0.25, 0.3) is 0 Å². The normalized spacial score (nSPS) is 11.0. The van der Waals surface area contributed by atoms with Crippen molar-refractivity contribution in [3.63, 3.8) is 0 Å². The summed E-state index contributed by atoms with van der Waals surface area (Å²) >= 11 is 0. The second-order valence-corrected chi connectivity index (χ2v) is 7.99. The van der Waals surface area contributed by atoms with E-state index in [1.165, 1.54) is 0 Å². The number of aryl methyl sites for hydroxylation is 2. The maximum absolute atomic E-state index is 10.9. The van der Waals surface area contributed by atoms with Crippen molar-refractivity contribution in [1.82, 2.24) is 29.1 Å². The zero-order valence-electron chi connectivity index (χ0n) is 22.4. The van der Waals surface area contributed by atoms with Crippen LogP contribution >= 0.6 is 12.4 Å². The van der Waals surface area contributed by atoms with Crippen LogP contribution in [0, 0.1) is 0 Å². The third-order valence-electron chi connectivity index (χ3n) is 5.52. The van der Waals surface area contributed by atoms with Crippen molar-refractivity contribution in [2.24, 2.45) is 0 Å². The van der Waals surface area contributed by atoms with Gasteiger partial charge in [0.1, 0.15) is 0 Å². The predicted octanol–water partition coefficient (Wildman–Crippen LogP) is 4.24. The standard InChI is InChI=1S/C15H23N3O3.C11H13N3O2.ClH/c1-4-20-15(21-5-2)14-17-13-12(8-6-9-16-13)18(14)10-7-11-19-3;1-16-7-3-6-14-9-4-2-5-12-11(9)13-10(14)8-15;/h6,8-9,15H,4-5,7,10-11H2,1-3H3;2,4-5,8H,3,6-7H2,1H3;1H. The number of aldehydes is 1. The first-order chi connectivity index (χ1) is 18.2. The number of aromatic nitrogens is 6. The van der Waals surface area contributed by atoms with E-state index < -0.39 is 6.29 Å². The van der Waals surface area contributed by atoms with Crippen molar-refractivity contribution in [3.8, 4) is 0 Å². The summed E-state index contributed by atoms with van der Waals surface area (Å²) in [6.45, 7) is 7.90. The molecule has 38 heavy (non-hydrogen) atoms. The highest BCUT2D eigenvalue weighted by Crippen LogP contribution is 2.23. The molecule has 0 amide bonds. The van der Waals surface area contributed by atoms with E-state index in [0.29, 0.717) is 50.1 Å². The van der Waals surface area contributed by atoms with Crippen LogP contribution in [0.25, 0.3) is 22.3 Å². The Morgan fingerprint density at radius 1 is 0.842 bits per heavy atom. The van der Waals surface area contributed by atoms with Gasteiger partial charge in [0.2, 0.25) is 6.29 Å². The second kappa shape index (κ2) is 16.8. The number of halogens is 1. The number of pyridine rings is 2. The van der Waals surface area contributed by atoms with Gasteiger partial charge in [-0.25, -0.2) is 19.9 Å². The molecule has 208 valence electrons. The van der Waals surface area contributed by atoms with Gasteiger partial charge in [0.15, 0.2) is 29.2 Å². The molecule has 0 fully saturated rings. The molecule has 0 aromatic carbocycles. The average molecular weight is 549 g/mol. The zero-order valence-corrected chi connectivity index (χ0v) is 23.2. The van der Waals surface area contributed by atoms with Crippen LogP contribution in [0.3, 0.4) is 0 Å². The molecule has 4 rings (SSSR count). The molecule has 12 heteroatoms. The monoisotopic (exact) mass is 548 g/mol. The second-order valence-electron chi connectivity index (χ2n) is 7.99. The SMILES string of the molecule is CCOC(OCC)c1nc2ncccc2n1CCCOC.COCCCn1c(C=O)nc2ncccc21.Cl. The summed E-state index contributed by atoms with van der Waals surface area (Å²) in [7, 11) is 3.37. The Kier molecular flexibility index (Phi) is 13.8. The average Bonchev–Trinajstić information content (AvgIpc) is 3.47. The molecule has 4 aromatic heterocycles. The minimum absolute atomic E-state index is 0. The lowest BCUT2D eigenvalue weighted by Gasteiger charge is -2.18. The minimum atomic E-state index is -0.461. The number of nitrogens with zero attached hydrogens (tertiary/aromatic N) is 6. The highest BCUT2D eigenvalue weighted by atomic mass is 35.5. The number of methoxy groups -OCH3 is 2. The lowest BCUT2D eigenvalue weighted by atomic mass is 10.4. The van der Waals surface area contributed by atoms with E-state index in [2.05, 4.69) is 24.5 Å². The zero-order chi connectivity index (χ0) is 26.5. The smallest absolute Gasteiger partial charge is 0.217 e. The number of imidazole rings is 2. The van der Waals surface area contributed by atoms with Crippen LogP contribution in [-0.4, -0.2) is 76.0 Å². The number of carbonyl (C=O) groups is 1. The van der Waals surface area contributed by atoms with Gasteiger partial charge in [-0.2, -0.15) is 0 Å². The fraction of sp³-hybridized carbons (Fsp3) is 0.500. The van der Waals surface area contributed by atoms with E-state index in [9.17, 15) is 4.79 Å². The number of hydrogen-bond acceptors (Lipinski definition) is 9. The lowest BCUT2D eigenvalue weighted by molar-refractivity contribution is -0.146. The third-order valence-corrected chi connectivity index (χ3v) is 5.52. The van der Waals surface area contributed by atoms with Gasteiger partial charge in [-0.05, 0) is 51.0 Å². The number of carbonyl (C=O) groups excluding carboxylic acids is 1. The Labute approximate surface area is 228 Å². The molecule has 0 unspecified atom stereocenters. The van der Waals surface area contributed by atoms with E-state index in [4.69, 9.17) is 18.9 Å². The highest BCUT2D eigenvalue weighted by molar-refractivity contribution is 5.85. The first-order valence-corrected chi connectivity index (χ1v) is 12.5. The van der Waals surface area contributed by atoms with Gasteiger partial charge in [0.05, 0.1) is 11.0 Å². The number of fused-ring (bicyclic) bond motifs is 2. The molecule has 0 aliphatic rings. The maximum Gasteiger partial charge on any atom is 0.217 e. The fourth-order valence-electron chi connectivity index (χ4n) is 3.93. The Morgan fingerprint density at radius 2 is 1.37 bits per heavy atom. The Hall–Kier alpha value is -2.96. The van der Waals surface area contributed by atoms with E-state index in [1.54, 1.807) is 26.6 Å².